The minimum Gasteiger partial charge on any atom is -0.282 e. The number of rotatable bonds is 2. The van der Waals surface area contributed by atoms with Crippen LogP contribution in [0.3, 0.4) is 0 Å². The Labute approximate surface area is 105 Å². The first-order valence-corrected chi connectivity index (χ1v) is 7.20. The summed E-state index contributed by atoms with van der Waals surface area (Å²) in [6.07, 6.45) is 1.33. The van der Waals surface area contributed by atoms with Gasteiger partial charge in [-0.15, -0.1) is 0 Å². The number of hydrogen-bond donors (Lipinski definition) is 1. The lowest BCUT2D eigenvalue weighted by Gasteiger charge is -1.89. The Hall–Kier alpha value is -1.43. The summed E-state index contributed by atoms with van der Waals surface area (Å²) in [4.78, 5) is 0. The Morgan fingerprint density at radius 2 is 1.59 bits per heavy atom. The van der Waals surface area contributed by atoms with E-state index in [9.17, 15) is 8.42 Å². The van der Waals surface area contributed by atoms with Gasteiger partial charge in [0.1, 0.15) is 0 Å². The minimum atomic E-state index is -4.00. The average molecular weight is 268 g/mol. The molecule has 0 spiro atoms. The zero-order chi connectivity index (χ0) is 12.6. The molecule has 0 bridgehead atoms. The van der Waals surface area contributed by atoms with Crippen LogP contribution in [0.5, 0.6) is 0 Å². The summed E-state index contributed by atoms with van der Waals surface area (Å²) < 4.78 is 28.9. The van der Waals surface area contributed by atoms with E-state index in [1.54, 1.807) is 35.6 Å². The van der Waals surface area contributed by atoms with Crippen LogP contribution >= 0.6 is 11.3 Å². The maximum Gasteiger partial charge on any atom is 0.287 e. The number of hydrogen-bond acceptors (Lipinski definition) is 3. The van der Waals surface area contributed by atoms with Gasteiger partial charge in [-0.2, -0.15) is 19.8 Å². The van der Waals surface area contributed by atoms with Gasteiger partial charge >= 0.3 is 0 Å². The van der Waals surface area contributed by atoms with Crippen molar-refractivity contribution < 1.29 is 13.0 Å². The average Bonchev–Trinajstić information content (AvgIpc) is 2.85. The number of benzene rings is 1. The second kappa shape index (κ2) is 7.01. The first kappa shape index (κ1) is 13.6. The van der Waals surface area contributed by atoms with Crippen LogP contribution in [-0.4, -0.2) is 13.0 Å². The quantitative estimate of drug-likeness (QED) is 0.850. The number of thiophene rings is 1. The second-order valence-electron chi connectivity index (χ2n) is 3.02. The Balaban J connectivity index is 0.000000239. The lowest BCUT2D eigenvalue weighted by atomic mass is 10.2. The van der Waals surface area contributed by atoms with Gasteiger partial charge in [0, 0.05) is 0 Å². The fourth-order valence-electron chi connectivity index (χ4n) is 0.956. The topological polar surface area (TPSA) is 54.4 Å². The van der Waals surface area contributed by atoms with Crippen molar-refractivity contribution in [2.24, 2.45) is 0 Å². The van der Waals surface area contributed by atoms with Gasteiger partial charge in [0.05, 0.1) is 5.41 Å². The van der Waals surface area contributed by atoms with Crippen molar-refractivity contribution in [1.82, 2.24) is 0 Å². The molecule has 1 heterocycles. The molecule has 1 N–H and O–H groups in total. The molecule has 3 nitrogen and oxygen atoms in total. The highest BCUT2D eigenvalue weighted by Crippen LogP contribution is 2.01. The molecule has 0 aliphatic carbocycles. The summed E-state index contributed by atoms with van der Waals surface area (Å²) in [5, 5.41) is 4.84. The van der Waals surface area contributed by atoms with Crippen molar-refractivity contribution in [3.8, 4) is 0 Å². The lowest BCUT2D eigenvalue weighted by Crippen LogP contribution is -1.88. The van der Waals surface area contributed by atoms with Gasteiger partial charge in [-0.25, -0.2) is 0 Å². The molecular weight excluding hydrogens is 256 g/mol. The predicted octanol–water partition coefficient (Wildman–Crippen LogP) is 3.29. The van der Waals surface area contributed by atoms with E-state index < -0.39 is 10.1 Å². The molecule has 0 amide bonds. The summed E-state index contributed by atoms with van der Waals surface area (Å²) in [5.74, 6) is 0. The van der Waals surface area contributed by atoms with Gasteiger partial charge in [-0.05, 0) is 22.4 Å². The Morgan fingerprint density at radius 3 is 2.00 bits per heavy atom. The maximum atomic E-state index is 10.3. The highest BCUT2D eigenvalue weighted by Gasteiger charge is 1.94. The van der Waals surface area contributed by atoms with Crippen LogP contribution in [0.4, 0.5) is 0 Å². The standard InChI is InChI=1S/C8H8O3S.C4H4S/c9-12(10,11)7-6-8-4-2-1-3-5-8;1-2-4-5-3-1/h1-7H,(H,9,10,11);1-4H. The molecule has 0 unspecified atom stereocenters. The molecule has 0 radical (unpaired) electrons. The maximum absolute atomic E-state index is 10.3. The van der Waals surface area contributed by atoms with Crippen LogP contribution in [0, 0.1) is 0 Å². The summed E-state index contributed by atoms with van der Waals surface area (Å²) >= 11 is 1.71. The minimum absolute atomic E-state index is 0.732. The SMILES string of the molecule is O=S(=O)(O)C=Cc1ccccc1.c1ccsc1. The van der Waals surface area contributed by atoms with E-state index in [0.29, 0.717) is 0 Å². The monoisotopic (exact) mass is 268 g/mol. The normalized spacial score (nSPS) is 10.9. The molecule has 0 fully saturated rings. The Kier molecular flexibility index (Phi) is 5.62. The van der Waals surface area contributed by atoms with E-state index in [1.165, 1.54) is 6.08 Å². The molecule has 1 aromatic heterocycles. The van der Waals surface area contributed by atoms with Gasteiger partial charge < -0.3 is 0 Å². The summed E-state index contributed by atoms with van der Waals surface area (Å²) in [6.45, 7) is 0. The van der Waals surface area contributed by atoms with Crippen molar-refractivity contribution in [3.05, 3.63) is 64.2 Å². The largest absolute Gasteiger partial charge is 0.287 e. The molecule has 0 saturated heterocycles. The van der Waals surface area contributed by atoms with Crippen LogP contribution in [-0.2, 0) is 10.1 Å². The van der Waals surface area contributed by atoms with Gasteiger partial charge in [0.2, 0.25) is 0 Å². The van der Waals surface area contributed by atoms with Crippen LogP contribution in [0.25, 0.3) is 6.08 Å². The van der Waals surface area contributed by atoms with E-state index in [2.05, 4.69) is 0 Å². The van der Waals surface area contributed by atoms with Crippen molar-refractivity contribution in [1.29, 1.82) is 0 Å². The molecule has 17 heavy (non-hydrogen) atoms. The zero-order valence-electron chi connectivity index (χ0n) is 8.93. The van der Waals surface area contributed by atoms with Crippen molar-refractivity contribution in [3.63, 3.8) is 0 Å². The first-order chi connectivity index (χ1) is 8.08. The van der Waals surface area contributed by atoms with E-state index in [1.807, 2.05) is 29.0 Å². The molecule has 2 rings (SSSR count). The zero-order valence-corrected chi connectivity index (χ0v) is 10.6. The third-order valence-corrected chi connectivity index (χ3v) is 2.77. The molecule has 0 aliphatic rings. The highest BCUT2D eigenvalue weighted by molar-refractivity contribution is 7.88. The molecule has 1 aromatic carbocycles. The van der Waals surface area contributed by atoms with Crippen molar-refractivity contribution >= 4 is 27.5 Å². The summed E-state index contributed by atoms with van der Waals surface area (Å²) in [5.41, 5.74) is 0.732. The fourth-order valence-corrected chi connectivity index (χ4v) is 1.74. The van der Waals surface area contributed by atoms with E-state index in [0.717, 1.165) is 11.0 Å². The smallest absolute Gasteiger partial charge is 0.282 e. The fraction of sp³-hybridized carbons (Fsp3) is 0. The molecule has 2 aromatic rings. The van der Waals surface area contributed by atoms with Crippen LogP contribution in [0.15, 0.2) is 58.6 Å². The molecule has 5 heteroatoms. The van der Waals surface area contributed by atoms with Crippen LogP contribution < -0.4 is 0 Å². The first-order valence-electron chi connectivity index (χ1n) is 4.76. The molecular formula is C12H12O3S2. The third kappa shape index (κ3) is 7.46. The summed E-state index contributed by atoms with van der Waals surface area (Å²) in [7, 11) is -4.00. The van der Waals surface area contributed by atoms with Gasteiger partial charge in [-0.1, -0.05) is 42.5 Å². The lowest BCUT2D eigenvalue weighted by molar-refractivity contribution is 0.494. The van der Waals surface area contributed by atoms with Crippen LogP contribution in [0.1, 0.15) is 5.56 Å². The Bertz CT molecular complexity index is 511. The summed E-state index contributed by atoms with van der Waals surface area (Å²) in [6, 6.07) is 12.9. The van der Waals surface area contributed by atoms with E-state index >= 15 is 0 Å². The van der Waals surface area contributed by atoms with Crippen LogP contribution in [0.2, 0.25) is 0 Å². The van der Waals surface area contributed by atoms with Crippen molar-refractivity contribution in [2.45, 2.75) is 0 Å². The van der Waals surface area contributed by atoms with Crippen molar-refractivity contribution in [2.75, 3.05) is 0 Å². The highest BCUT2D eigenvalue weighted by atomic mass is 32.2. The molecule has 90 valence electrons. The van der Waals surface area contributed by atoms with Gasteiger partial charge in [0.25, 0.3) is 10.1 Å². The molecule has 0 atom stereocenters. The third-order valence-electron chi connectivity index (χ3n) is 1.66. The van der Waals surface area contributed by atoms with E-state index in [4.69, 9.17) is 4.55 Å². The van der Waals surface area contributed by atoms with E-state index in [-0.39, 0.29) is 0 Å². The predicted molar refractivity (Wildman–Crippen MR) is 71.3 cm³/mol. The Morgan fingerprint density at radius 1 is 1.00 bits per heavy atom. The second-order valence-corrected chi connectivity index (χ2v) is 5.14. The van der Waals surface area contributed by atoms with Gasteiger partial charge in [-0.3, -0.25) is 4.55 Å². The van der Waals surface area contributed by atoms with Gasteiger partial charge in [0.15, 0.2) is 0 Å². The molecule has 0 saturated carbocycles. The molecule has 0 aliphatic heterocycles.